The maximum Gasteiger partial charge on any atom is 0.327 e. The Morgan fingerprint density at radius 2 is 2.20 bits per heavy atom. The van der Waals surface area contributed by atoms with Gasteiger partial charge in [0.25, 0.3) is 0 Å². The molecular weight excluding hydrogens is 276 g/mol. The molecule has 0 bridgehead atoms. The highest BCUT2D eigenvalue weighted by Gasteiger charge is 2.33. The molecule has 2 aliphatic rings. The number of carboxylic acid groups (broad SMARTS) is 1. The van der Waals surface area contributed by atoms with Gasteiger partial charge in [-0.3, -0.25) is 0 Å². The molecule has 0 radical (unpaired) electrons. The zero-order valence-corrected chi connectivity index (χ0v) is 12.8. The van der Waals surface area contributed by atoms with Crippen LogP contribution in [-0.4, -0.2) is 52.1 Å². The second-order valence-electron chi connectivity index (χ2n) is 5.71. The summed E-state index contributed by atoms with van der Waals surface area (Å²) < 4.78 is 0. The zero-order chi connectivity index (χ0) is 14.5. The van der Waals surface area contributed by atoms with Gasteiger partial charge in [0.2, 0.25) is 0 Å². The van der Waals surface area contributed by atoms with Gasteiger partial charge in [-0.2, -0.15) is 11.8 Å². The van der Waals surface area contributed by atoms with Crippen molar-refractivity contribution in [2.24, 2.45) is 5.92 Å². The van der Waals surface area contributed by atoms with Crippen molar-refractivity contribution < 1.29 is 14.7 Å². The van der Waals surface area contributed by atoms with Gasteiger partial charge in [0.05, 0.1) is 0 Å². The van der Waals surface area contributed by atoms with Gasteiger partial charge in [-0.15, -0.1) is 0 Å². The molecular formula is C14H24N2O3S. The van der Waals surface area contributed by atoms with E-state index in [1.165, 1.54) is 11.3 Å². The van der Waals surface area contributed by atoms with E-state index in [1.807, 2.05) is 0 Å². The summed E-state index contributed by atoms with van der Waals surface area (Å²) in [6.45, 7) is 2.72. The summed E-state index contributed by atoms with van der Waals surface area (Å²) in [5, 5.41) is 12.3. The van der Waals surface area contributed by atoms with Crippen LogP contribution < -0.4 is 5.32 Å². The zero-order valence-electron chi connectivity index (χ0n) is 12.0. The van der Waals surface area contributed by atoms with Crippen LogP contribution in [-0.2, 0) is 4.79 Å². The Bertz CT molecular complexity index is 364. The van der Waals surface area contributed by atoms with Crippen LogP contribution in [0, 0.1) is 5.92 Å². The Morgan fingerprint density at radius 1 is 1.40 bits per heavy atom. The van der Waals surface area contributed by atoms with Crippen LogP contribution in [0.4, 0.5) is 4.79 Å². The fraction of sp³-hybridized carbons (Fsp3) is 0.857. The van der Waals surface area contributed by atoms with Crippen LogP contribution in [0.15, 0.2) is 0 Å². The summed E-state index contributed by atoms with van der Waals surface area (Å²) >= 11 is 1.60. The molecule has 2 rings (SSSR count). The lowest BCUT2D eigenvalue weighted by molar-refractivity contribution is -0.141. The minimum absolute atomic E-state index is 0.195. The molecule has 0 spiro atoms. The number of rotatable bonds is 3. The van der Waals surface area contributed by atoms with Gasteiger partial charge in [0.15, 0.2) is 0 Å². The first-order chi connectivity index (χ1) is 9.61. The molecule has 1 saturated carbocycles. The number of thioether (sulfide) groups is 1. The molecule has 0 aromatic heterocycles. The first kappa shape index (κ1) is 15.5. The topological polar surface area (TPSA) is 69.6 Å². The van der Waals surface area contributed by atoms with Crippen molar-refractivity contribution in [3.63, 3.8) is 0 Å². The number of carboxylic acids is 1. The van der Waals surface area contributed by atoms with Gasteiger partial charge in [0.1, 0.15) is 6.04 Å². The molecule has 0 aromatic rings. The number of urea groups is 1. The van der Waals surface area contributed by atoms with Gasteiger partial charge >= 0.3 is 12.0 Å². The van der Waals surface area contributed by atoms with Crippen molar-refractivity contribution in [2.45, 2.75) is 51.1 Å². The number of nitrogens with one attached hydrogen (secondary N) is 1. The third-order valence-electron chi connectivity index (χ3n) is 4.36. The molecule has 5 nitrogen and oxygen atoms in total. The van der Waals surface area contributed by atoms with E-state index in [-0.39, 0.29) is 12.1 Å². The number of aliphatic carboxylic acids is 1. The van der Waals surface area contributed by atoms with Crippen molar-refractivity contribution in [2.75, 3.05) is 18.1 Å². The summed E-state index contributed by atoms with van der Waals surface area (Å²) in [5.41, 5.74) is 0. The maximum atomic E-state index is 12.3. The van der Waals surface area contributed by atoms with E-state index >= 15 is 0 Å². The molecule has 114 valence electrons. The third-order valence-corrected chi connectivity index (χ3v) is 5.38. The van der Waals surface area contributed by atoms with Gasteiger partial charge < -0.3 is 15.3 Å². The Kier molecular flexibility index (Phi) is 5.57. The predicted molar refractivity (Wildman–Crippen MR) is 80.0 cm³/mol. The molecule has 2 amide bonds. The summed E-state index contributed by atoms with van der Waals surface area (Å²) in [5.74, 6) is 1.11. The lowest BCUT2D eigenvalue weighted by Gasteiger charge is -2.35. The van der Waals surface area contributed by atoms with E-state index in [1.54, 1.807) is 11.8 Å². The fourth-order valence-electron chi connectivity index (χ4n) is 3.10. The minimum Gasteiger partial charge on any atom is -0.480 e. The summed E-state index contributed by atoms with van der Waals surface area (Å²) in [4.78, 5) is 25.0. The van der Waals surface area contributed by atoms with Gasteiger partial charge in [0, 0.05) is 24.1 Å². The summed E-state index contributed by atoms with van der Waals surface area (Å²) in [7, 11) is 0. The van der Waals surface area contributed by atoms with Crippen LogP contribution in [0.1, 0.15) is 39.0 Å². The minimum atomic E-state index is -0.901. The Balaban J connectivity index is 1.91. The van der Waals surface area contributed by atoms with Crippen LogP contribution in [0.25, 0.3) is 0 Å². The maximum absolute atomic E-state index is 12.3. The highest BCUT2D eigenvalue weighted by atomic mass is 32.2. The number of carbonyl (C=O) groups excluding carboxylic acids is 1. The lowest BCUT2D eigenvalue weighted by Crippen LogP contribution is -2.55. The van der Waals surface area contributed by atoms with Gasteiger partial charge in [-0.05, 0) is 18.8 Å². The average molecular weight is 300 g/mol. The van der Waals surface area contributed by atoms with E-state index in [0.29, 0.717) is 18.2 Å². The van der Waals surface area contributed by atoms with Crippen molar-refractivity contribution >= 4 is 23.8 Å². The first-order valence-electron chi connectivity index (χ1n) is 7.49. The molecule has 2 fully saturated rings. The smallest absolute Gasteiger partial charge is 0.327 e. The number of hydrogen-bond acceptors (Lipinski definition) is 3. The normalized spacial score (nSPS) is 30.9. The quantitative estimate of drug-likeness (QED) is 0.838. The molecule has 0 aromatic carbocycles. The van der Waals surface area contributed by atoms with E-state index in [0.717, 1.165) is 31.4 Å². The first-order valence-corrected chi connectivity index (χ1v) is 8.65. The SMILES string of the molecule is CCC1CCCC(NC(=O)N2CCSCC2C(=O)O)C1. The van der Waals surface area contributed by atoms with Gasteiger partial charge in [-0.1, -0.05) is 26.2 Å². The standard InChI is InChI=1S/C14H24N2O3S/c1-2-10-4-3-5-11(8-10)15-14(19)16-6-7-20-9-12(16)13(17)18/h10-12H,2-9H2,1H3,(H,15,19)(H,17,18). The van der Waals surface area contributed by atoms with Crippen molar-refractivity contribution in [3.05, 3.63) is 0 Å². The molecule has 2 N–H and O–H groups in total. The molecule has 3 unspecified atom stereocenters. The van der Waals surface area contributed by atoms with E-state index in [9.17, 15) is 14.7 Å². The third kappa shape index (κ3) is 3.81. The second kappa shape index (κ2) is 7.20. The number of nitrogens with zero attached hydrogens (tertiary/aromatic N) is 1. The van der Waals surface area contributed by atoms with Crippen molar-refractivity contribution in [1.82, 2.24) is 10.2 Å². The average Bonchev–Trinajstić information content (AvgIpc) is 2.47. The Hall–Kier alpha value is -0.910. The summed E-state index contributed by atoms with van der Waals surface area (Å²) in [6, 6.07) is -0.663. The van der Waals surface area contributed by atoms with Crippen molar-refractivity contribution in [3.8, 4) is 0 Å². The lowest BCUT2D eigenvalue weighted by atomic mass is 9.84. The highest BCUT2D eigenvalue weighted by molar-refractivity contribution is 7.99. The van der Waals surface area contributed by atoms with Gasteiger partial charge in [-0.25, -0.2) is 9.59 Å². The van der Waals surface area contributed by atoms with Crippen LogP contribution in [0.3, 0.4) is 0 Å². The number of hydrogen-bond donors (Lipinski definition) is 2. The van der Waals surface area contributed by atoms with Crippen LogP contribution >= 0.6 is 11.8 Å². The fourth-order valence-corrected chi connectivity index (χ4v) is 4.14. The summed E-state index contributed by atoms with van der Waals surface area (Å²) in [6.07, 6.45) is 5.61. The molecule has 1 aliphatic heterocycles. The van der Waals surface area contributed by atoms with E-state index < -0.39 is 12.0 Å². The van der Waals surface area contributed by atoms with Crippen LogP contribution in [0.5, 0.6) is 0 Å². The van der Waals surface area contributed by atoms with Crippen LogP contribution in [0.2, 0.25) is 0 Å². The van der Waals surface area contributed by atoms with E-state index in [2.05, 4.69) is 12.2 Å². The Labute approximate surface area is 124 Å². The second-order valence-corrected chi connectivity index (χ2v) is 6.86. The number of carbonyl (C=O) groups is 2. The molecule has 1 heterocycles. The molecule has 1 saturated heterocycles. The predicted octanol–water partition coefficient (Wildman–Crippen LogP) is 2.17. The highest BCUT2D eigenvalue weighted by Crippen LogP contribution is 2.27. The molecule has 1 aliphatic carbocycles. The largest absolute Gasteiger partial charge is 0.480 e. The van der Waals surface area contributed by atoms with Crippen molar-refractivity contribution in [1.29, 1.82) is 0 Å². The monoisotopic (exact) mass is 300 g/mol. The Morgan fingerprint density at radius 3 is 2.90 bits per heavy atom. The molecule has 20 heavy (non-hydrogen) atoms. The van der Waals surface area contributed by atoms with E-state index in [4.69, 9.17) is 0 Å². The number of amides is 2. The molecule has 3 atom stereocenters. The molecule has 6 heteroatoms.